The molecule has 1 amide bonds. The number of hydrogen-bond donors (Lipinski definition) is 2. The molecule has 7 heteroatoms. The molecular weight excluding hydrogens is 244 g/mol. The Kier molecular flexibility index (Phi) is 2.77. The number of carbonyl (C=O) groups is 1. The molecule has 94 valence electrons. The summed E-state index contributed by atoms with van der Waals surface area (Å²) in [7, 11) is 0. The van der Waals surface area contributed by atoms with Crippen LogP contribution in [0.3, 0.4) is 0 Å². The monoisotopic (exact) mass is 254 g/mol. The number of aromatic amines is 1. The van der Waals surface area contributed by atoms with Gasteiger partial charge in [-0.25, -0.2) is 0 Å². The summed E-state index contributed by atoms with van der Waals surface area (Å²) in [4.78, 5) is 11.8. The van der Waals surface area contributed by atoms with E-state index in [1.54, 1.807) is 6.07 Å². The second-order valence-electron chi connectivity index (χ2n) is 3.83. The van der Waals surface area contributed by atoms with Gasteiger partial charge in [-0.1, -0.05) is 6.07 Å². The van der Waals surface area contributed by atoms with E-state index in [1.807, 2.05) is 47.3 Å². The van der Waals surface area contributed by atoms with Crippen molar-refractivity contribution in [3.8, 4) is 5.69 Å². The molecule has 19 heavy (non-hydrogen) atoms. The maximum Gasteiger partial charge on any atom is 0.297 e. The van der Waals surface area contributed by atoms with Crippen molar-refractivity contribution in [2.24, 2.45) is 0 Å². The second kappa shape index (κ2) is 4.73. The van der Waals surface area contributed by atoms with Crippen LogP contribution in [0.15, 0.2) is 48.8 Å². The van der Waals surface area contributed by atoms with Gasteiger partial charge < -0.3 is 9.88 Å². The van der Waals surface area contributed by atoms with Crippen LogP contribution in [0.25, 0.3) is 5.69 Å². The molecule has 0 unspecified atom stereocenters. The number of carbonyl (C=O) groups excluding carboxylic acids is 1. The van der Waals surface area contributed by atoms with Gasteiger partial charge in [-0.3, -0.25) is 4.79 Å². The van der Waals surface area contributed by atoms with Crippen LogP contribution in [-0.4, -0.2) is 31.1 Å². The molecule has 0 saturated carbocycles. The van der Waals surface area contributed by atoms with E-state index in [2.05, 4.69) is 25.9 Å². The van der Waals surface area contributed by atoms with Gasteiger partial charge in [0.25, 0.3) is 11.7 Å². The number of aromatic nitrogens is 5. The Balaban J connectivity index is 1.82. The van der Waals surface area contributed by atoms with Gasteiger partial charge in [0, 0.05) is 23.8 Å². The van der Waals surface area contributed by atoms with E-state index in [0.29, 0.717) is 5.69 Å². The van der Waals surface area contributed by atoms with Crippen LogP contribution in [0.4, 0.5) is 5.69 Å². The number of H-pyrrole nitrogens is 1. The Labute approximate surface area is 108 Å². The Hall–Kier alpha value is -2.96. The quantitative estimate of drug-likeness (QED) is 0.736. The normalized spacial score (nSPS) is 10.3. The SMILES string of the molecule is O=C(Nc1cccc(-n2cccc2)c1)c1nn[nH]n1. The van der Waals surface area contributed by atoms with Crippen molar-refractivity contribution in [3.05, 3.63) is 54.6 Å². The summed E-state index contributed by atoms with van der Waals surface area (Å²) in [5, 5.41) is 15.5. The summed E-state index contributed by atoms with van der Waals surface area (Å²) in [6.45, 7) is 0. The van der Waals surface area contributed by atoms with E-state index in [4.69, 9.17) is 0 Å². The average Bonchev–Trinajstić information content (AvgIpc) is 3.13. The number of rotatable bonds is 3. The zero-order valence-electron chi connectivity index (χ0n) is 9.82. The van der Waals surface area contributed by atoms with Gasteiger partial charge in [-0.15, -0.1) is 10.2 Å². The fourth-order valence-corrected chi connectivity index (χ4v) is 1.70. The molecule has 2 heterocycles. The van der Waals surface area contributed by atoms with Crippen LogP contribution >= 0.6 is 0 Å². The molecule has 0 fully saturated rings. The van der Waals surface area contributed by atoms with Gasteiger partial charge in [-0.2, -0.15) is 5.21 Å². The average molecular weight is 254 g/mol. The number of nitrogens with one attached hydrogen (secondary N) is 2. The number of tetrazole rings is 1. The largest absolute Gasteiger partial charge is 0.324 e. The van der Waals surface area contributed by atoms with Gasteiger partial charge >= 0.3 is 0 Å². The highest BCUT2D eigenvalue weighted by Crippen LogP contribution is 2.15. The highest BCUT2D eigenvalue weighted by molar-refractivity contribution is 6.01. The first-order valence-electron chi connectivity index (χ1n) is 5.61. The van der Waals surface area contributed by atoms with Crippen molar-refractivity contribution < 1.29 is 4.79 Å². The van der Waals surface area contributed by atoms with Gasteiger partial charge in [-0.05, 0) is 35.5 Å². The minimum Gasteiger partial charge on any atom is -0.324 e. The summed E-state index contributed by atoms with van der Waals surface area (Å²) >= 11 is 0. The van der Waals surface area contributed by atoms with E-state index >= 15 is 0 Å². The summed E-state index contributed by atoms with van der Waals surface area (Å²) in [6, 6.07) is 11.3. The Bertz CT molecular complexity index is 674. The zero-order chi connectivity index (χ0) is 13.1. The van der Waals surface area contributed by atoms with Crippen molar-refractivity contribution in [1.82, 2.24) is 25.2 Å². The van der Waals surface area contributed by atoms with Crippen LogP contribution in [0.2, 0.25) is 0 Å². The predicted octanol–water partition coefficient (Wildman–Crippen LogP) is 1.24. The standard InChI is InChI=1S/C12H10N6O/c19-12(11-14-16-17-15-11)13-9-4-3-5-10(8-9)18-6-1-2-7-18/h1-8H,(H,13,19)(H,14,15,16,17). The molecule has 7 nitrogen and oxygen atoms in total. The van der Waals surface area contributed by atoms with E-state index in [9.17, 15) is 4.79 Å². The Morgan fingerprint density at radius 1 is 1.21 bits per heavy atom. The van der Waals surface area contributed by atoms with Gasteiger partial charge in [0.05, 0.1) is 0 Å². The molecule has 0 saturated heterocycles. The first-order chi connectivity index (χ1) is 9.33. The lowest BCUT2D eigenvalue weighted by molar-refractivity contribution is 0.101. The number of benzene rings is 1. The maximum absolute atomic E-state index is 11.8. The van der Waals surface area contributed by atoms with Gasteiger partial charge in [0.15, 0.2) is 0 Å². The highest BCUT2D eigenvalue weighted by Gasteiger charge is 2.10. The minimum atomic E-state index is -0.404. The number of amides is 1. The molecule has 0 bridgehead atoms. The number of nitrogens with zero attached hydrogens (tertiary/aromatic N) is 4. The summed E-state index contributed by atoms with van der Waals surface area (Å²) in [5.41, 5.74) is 1.62. The van der Waals surface area contributed by atoms with Gasteiger partial charge in [0.1, 0.15) is 0 Å². The van der Waals surface area contributed by atoms with E-state index in [-0.39, 0.29) is 5.82 Å². The molecular formula is C12H10N6O. The molecule has 2 aromatic heterocycles. The lowest BCUT2D eigenvalue weighted by Gasteiger charge is -2.06. The lowest BCUT2D eigenvalue weighted by atomic mass is 10.2. The highest BCUT2D eigenvalue weighted by atomic mass is 16.2. The van der Waals surface area contributed by atoms with Crippen molar-refractivity contribution in [1.29, 1.82) is 0 Å². The number of hydrogen-bond acceptors (Lipinski definition) is 4. The first-order valence-corrected chi connectivity index (χ1v) is 5.61. The molecule has 0 aliphatic rings. The number of anilines is 1. The first kappa shape index (κ1) is 11.1. The summed E-state index contributed by atoms with van der Waals surface area (Å²) in [5.74, 6) is -0.398. The molecule has 0 atom stereocenters. The van der Waals surface area contributed by atoms with Crippen LogP contribution in [-0.2, 0) is 0 Å². The van der Waals surface area contributed by atoms with Crippen LogP contribution < -0.4 is 5.32 Å². The molecule has 0 radical (unpaired) electrons. The summed E-state index contributed by atoms with van der Waals surface area (Å²) in [6.07, 6.45) is 3.86. The molecule has 0 aliphatic carbocycles. The lowest BCUT2D eigenvalue weighted by Crippen LogP contribution is -2.14. The topological polar surface area (TPSA) is 88.5 Å². The predicted molar refractivity (Wildman–Crippen MR) is 67.9 cm³/mol. The van der Waals surface area contributed by atoms with Crippen molar-refractivity contribution in [2.75, 3.05) is 5.32 Å². The molecule has 0 spiro atoms. The Morgan fingerprint density at radius 3 is 2.79 bits per heavy atom. The maximum atomic E-state index is 11.8. The third kappa shape index (κ3) is 2.34. The third-order valence-electron chi connectivity index (χ3n) is 2.56. The molecule has 0 aliphatic heterocycles. The molecule has 2 N–H and O–H groups in total. The summed E-state index contributed by atoms with van der Waals surface area (Å²) < 4.78 is 1.95. The molecule has 3 rings (SSSR count). The Morgan fingerprint density at radius 2 is 2.05 bits per heavy atom. The smallest absolute Gasteiger partial charge is 0.297 e. The van der Waals surface area contributed by atoms with Crippen LogP contribution in [0.5, 0.6) is 0 Å². The minimum absolute atomic E-state index is 0.00590. The molecule has 3 aromatic rings. The third-order valence-corrected chi connectivity index (χ3v) is 2.56. The zero-order valence-corrected chi connectivity index (χ0v) is 9.82. The fraction of sp³-hybridized carbons (Fsp3) is 0. The van der Waals surface area contributed by atoms with Crippen molar-refractivity contribution in [2.45, 2.75) is 0 Å². The van der Waals surface area contributed by atoms with Gasteiger partial charge in [0.2, 0.25) is 0 Å². The fourth-order valence-electron chi connectivity index (χ4n) is 1.70. The molecule has 1 aromatic carbocycles. The van der Waals surface area contributed by atoms with E-state index < -0.39 is 5.91 Å². The second-order valence-corrected chi connectivity index (χ2v) is 3.83. The van der Waals surface area contributed by atoms with Crippen molar-refractivity contribution in [3.63, 3.8) is 0 Å². The van der Waals surface area contributed by atoms with Crippen molar-refractivity contribution >= 4 is 11.6 Å². The van der Waals surface area contributed by atoms with E-state index in [1.165, 1.54) is 0 Å². The van der Waals surface area contributed by atoms with Crippen LogP contribution in [0.1, 0.15) is 10.6 Å². The van der Waals surface area contributed by atoms with E-state index in [0.717, 1.165) is 5.69 Å². The van der Waals surface area contributed by atoms with Crippen LogP contribution in [0, 0.1) is 0 Å².